The van der Waals surface area contributed by atoms with Gasteiger partial charge in [0.2, 0.25) is 0 Å². The molecule has 0 amide bonds. The molecular formula is C12H13NO. The van der Waals surface area contributed by atoms with E-state index in [0.717, 1.165) is 33.0 Å². The van der Waals surface area contributed by atoms with Crippen molar-refractivity contribution in [3.8, 4) is 5.75 Å². The molecule has 0 saturated heterocycles. The van der Waals surface area contributed by atoms with Gasteiger partial charge in [-0.3, -0.25) is 4.99 Å². The second kappa shape index (κ2) is 2.71. The van der Waals surface area contributed by atoms with E-state index in [2.05, 4.69) is 11.6 Å². The molecule has 0 radical (unpaired) electrons. The Morgan fingerprint density at radius 2 is 1.86 bits per heavy atom. The number of nitrogens with zero attached hydrogens (tertiary/aromatic N) is 1. The van der Waals surface area contributed by atoms with Crippen molar-refractivity contribution in [3.63, 3.8) is 0 Å². The molecule has 2 heteroatoms. The summed E-state index contributed by atoms with van der Waals surface area (Å²) >= 11 is 0. The van der Waals surface area contributed by atoms with Gasteiger partial charge >= 0.3 is 0 Å². The first-order valence-corrected chi connectivity index (χ1v) is 4.60. The lowest BCUT2D eigenvalue weighted by Crippen LogP contribution is -2.28. The Bertz CT molecular complexity index is 553. The summed E-state index contributed by atoms with van der Waals surface area (Å²) in [6.07, 6.45) is 1.89. The first-order chi connectivity index (χ1) is 6.52. The number of phenolic OH excluding ortho intramolecular Hbond substituents is 1. The van der Waals surface area contributed by atoms with E-state index in [1.54, 1.807) is 0 Å². The molecule has 0 unspecified atom stereocenters. The Morgan fingerprint density at radius 3 is 2.50 bits per heavy atom. The van der Waals surface area contributed by atoms with E-state index in [4.69, 9.17) is 0 Å². The molecule has 0 aliphatic carbocycles. The van der Waals surface area contributed by atoms with Crippen LogP contribution in [-0.2, 0) is 0 Å². The number of hydrogen-bond acceptors (Lipinski definition) is 2. The first-order valence-electron chi connectivity index (χ1n) is 4.60. The summed E-state index contributed by atoms with van der Waals surface area (Å²) in [5, 5.41) is 11.7. The predicted octanol–water partition coefficient (Wildman–Crippen LogP) is 1.41. The Hall–Kier alpha value is -1.57. The lowest BCUT2D eigenvalue weighted by molar-refractivity contribution is 0.468. The number of fused-ring (bicyclic) bond motifs is 1. The molecule has 1 aliphatic rings. The van der Waals surface area contributed by atoms with Crippen LogP contribution in [0.15, 0.2) is 10.7 Å². The quantitative estimate of drug-likeness (QED) is 0.654. The van der Waals surface area contributed by atoms with Crippen LogP contribution in [0.2, 0.25) is 0 Å². The molecule has 2 rings (SSSR count). The molecule has 72 valence electrons. The summed E-state index contributed by atoms with van der Waals surface area (Å²) in [5.74, 6) is 0.338. The van der Waals surface area contributed by atoms with Gasteiger partial charge in [0, 0.05) is 11.3 Å². The fourth-order valence-corrected chi connectivity index (χ4v) is 1.74. The van der Waals surface area contributed by atoms with Gasteiger partial charge in [-0.2, -0.15) is 0 Å². The highest BCUT2D eigenvalue weighted by atomic mass is 16.3. The summed E-state index contributed by atoms with van der Waals surface area (Å²) in [5.41, 5.74) is 3.66. The SMILES string of the molecule is C=c1c(C)c(C)c(O)c2c1=NC(C)=C2. The molecule has 0 atom stereocenters. The molecule has 0 saturated carbocycles. The van der Waals surface area contributed by atoms with Crippen LogP contribution in [0.1, 0.15) is 23.6 Å². The highest BCUT2D eigenvalue weighted by Crippen LogP contribution is 2.24. The highest BCUT2D eigenvalue weighted by Gasteiger charge is 2.13. The van der Waals surface area contributed by atoms with Crippen LogP contribution in [-0.4, -0.2) is 5.11 Å². The third kappa shape index (κ3) is 1.00. The molecule has 1 aromatic rings. The van der Waals surface area contributed by atoms with E-state index in [1.807, 2.05) is 26.8 Å². The van der Waals surface area contributed by atoms with Crippen LogP contribution in [0.3, 0.4) is 0 Å². The molecule has 1 heterocycles. The van der Waals surface area contributed by atoms with Crippen LogP contribution in [0.4, 0.5) is 0 Å². The number of rotatable bonds is 0. The fraction of sp³-hybridized carbons (Fsp3) is 0.250. The third-order valence-electron chi connectivity index (χ3n) is 2.81. The average molecular weight is 187 g/mol. The fourth-order valence-electron chi connectivity index (χ4n) is 1.74. The van der Waals surface area contributed by atoms with Gasteiger partial charge in [-0.1, -0.05) is 6.58 Å². The molecule has 0 aromatic heterocycles. The molecular weight excluding hydrogens is 174 g/mol. The van der Waals surface area contributed by atoms with Crippen LogP contribution in [0.5, 0.6) is 5.75 Å². The predicted molar refractivity (Wildman–Crippen MR) is 57.5 cm³/mol. The van der Waals surface area contributed by atoms with E-state index >= 15 is 0 Å². The Labute approximate surface area is 82.9 Å². The molecule has 0 fully saturated rings. The summed E-state index contributed by atoms with van der Waals surface area (Å²) < 4.78 is 0. The molecule has 0 spiro atoms. The number of allylic oxidation sites excluding steroid dienone is 1. The van der Waals surface area contributed by atoms with Gasteiger partial charge in [-0.25, -0.2) is 0 Å². The maximum absolute atomic E-state index is 9.91. The van der Waals surface area contributed by atoms with Gasteiger partial charge in [0.1, 0.15) is 5.75 Å². The normalized spacial score (nSPS) is 13.5. The molecule has 0 bridgehead atoms. The molecule has 2 nitrogen and oxygen atoms in total. The second-order valence-corrected chi connectivity index (χ2v) is 3.74. The Kier molecular flexibility index (Phi) is 1.74. The second-order valence-electron chi connectivity index (χ2n) is 3.74. The van der Waals surface area contributed by atoms with E-state index < -0.39 is 0 Å². The van der Waals surface area contributed by atoms with Crippen molar-refractivity contribution < 1.29 is 5.11 Å². The lowest BCUT2D eigenvalue weighted by Gasteiger charge is -2.06. The molecule has 1 aromatic carbocycles. The first kappa shape index (κ1) is 9.00. The molecule has 14 heavy (non-hydrogen) atoms. The number of phenols is 1. The molecule has 1 aliphatic heterocycles. The van der Waals surface area contributed by atoms with Gasteiger partial charge in [-0.15, -0.1) is 0 Å². The van der Waals surface area contributed by atoms with Crippen molar-refractivity contribution >= 4 is 12.7 Å². The Morgan fingerprint density at radius 1 is 1.21 bits per heavy atom. The van der Waals surface area contributed by atoms with Crippen LogP contribution >= 0.6 is 0 Å². The molecule has 1 N–H and O–H groups in total. The van der Waals surface area contributed by atoms with E-state index in [1.165, 1.54) is 0 Å². The zero-order valence-corrected chi connectivity index (χ0v) is 8.68. The smallest absolute Gasteiger partial charge is 0.128 e. The van der Waals surface area contributed by atoms with Crippen molar-refractivity contribution in [2.45, 2.75) is 20.8 Å². The number of hydrogen-bond donors (Lipinski definition) is 1. The van der Waals surface area contributed by atoms with Gasteiger partial charge in [0.25, 0.3) is 0 Å². The van der Waals surface area contributed by atoms with Gasteiger partial charge in [-0.05, 0) is 43.2 Å². The zero-order chi connectivity index (χ0) is 10.5. The number of benzene rings is 1. The zero-order valence-electron chi connectivity index (χ0n) is 8.68. The van der Waals surface area contributed by atoms with Crippen LogP contribution < -0.4 is 10.6 Å². The monoisotopic (exact) mass is 187 g/mol. The van der Waals surface area contributed by atoms with Crippen molar-refractivity contribution in [1.82, 2.24) is 0 Å². The van der Waals surface area contributed by atoms with Crippen LogP contribution in [0.25, 0.3) is 12.7 Å². The summed E-state index contributed by atoms with van der Waals surface area (Å²) in [6, 6.07) is 0. The number of aromatic hydroxyl groups is 1. The maximum Gasteiger partial charge on any atom is 0.128 e. The van der Waals surface area contributed by atoms with Crippen molar-refractivity contribution in [1.29, 1.82) is 0 Å². The van der Waals surface area contributed by atoms with Gasteiger partial charge in [0.15, 0.2) is 0 Å². The van der Waals surface area contributed by atoms with Crippen molar-refractivity contribution in [2.75, 3.05) is 0 Å². The third-order valence-corrected chi connectivity index (χ3v) is 2.81. The average Bonchev–Trinajstić information content (AvgIpc) is 2.54. The largest absolute Gasteiger partial charge is 0.507 e. The summed E-state index contributed by atoms with van der Waals surface area (Å²) in [7, 11) is 0. The topological polar surface area (TPSA) is 32.6 Å². The highest BCUT2D eigenvalue weighted by molar-refractivity contribution is 5.65. The minimum Gasteiger partial charge on any atom is -0.507 e. The maximum atomic E-state index is 9.91. The van der Waals surface area contributed by atoms with Crippen LogP contribution in [0, 0.1) is 13.8 Å². The van der Waals surface area contributed by atoms with E-state index in [9.17, 15) is 5.11 Å². The summed E-state index contributed by atoms with van der Waals surface area (Å²) in [6.45, 7) is 9.77. The minimum absolute atomic E-state index is 0.338. The van der Waals surface area contributed by atoms with Crippen molar-refractivity contribution in [3.05, 3.63) is 33.0 Å². The lowest BCUT2D eigenvalue weighted by atomic mass is 10.0. The van der Waals surface area contributed by atoms with E-state index in [0.29, 0.717) is 5.75 Å². The van der Waals surface area contributed by atoms with E-state index in [-0.39, 0.29) is 0 Å². The van der Waals surface area contributed by atoms with Gasteiger partial charge in [0.05, 0.1) is 5.36 Å². The Balaban J connectivity index is 3.00. The summed E-state index contributed by atoms with van der Waals surface area (Å²) in [4.78, 5) is 4.35. The minimum atomic E-state index is 0.338. The standard InChI is InChI=1S/C12H13NO/c1-6-5-10-11(13-6)8(3)7(2)9(4)12(10)14/h5,14H,3H2,1-2,4H3. The van der Waals surface area contributed by atoms with Crippen molar-refractivity contribution in [2.24, 2.45) is 4.99 Å². The van der Waals surface area contributed by atoms with Gasteiger partial charge < -0.3 is 5.11 Å².